The first kappa shape index (κ1) is 11.9. The zero-order chi connectivity index (χ0) is 11.4. The molecule has 1 heterocycles. The molecule has 1 saturated heterocycles. The molecule has 3 N–H and O–H groups in total. The van der Waals surface area contributed by atoms with Crippen LogP contribution in [0.15, 0.2) is 0 Å². The van der Waals surface area contributed by atoms with E-state index < -0.39 is 0 Å². The van der Waals surface area contributed by atoms with Crippen LogP contribution in [-0.4, -0.2) is 18.0 Å². The van der Waals surface area contributed by atoms with Crippen molar-refractivity contribution >= 4 is 5.91 Å². The maximum atomic E-state index is 11.7. The summed E-state index contributed by atoms with van der Waals surface area (Å²) in [6.45, 7) is 0.954. The standard InChI is InChI=1S/C13H24N2O/c14-12(16)13(8-4-5-9-15-13)10-11-6-2-1-3-7-11/h11,15H,1-10H2,(H2,14,16). The molecule has 2 aliphatic rings. The number of nitrogens with one attached hydrogen (secondary N) is 1. The lowest BCUT2D eigenvalue weighted by molar-refractivity contribution is -0.126. The van der Waals surface area contributed by atoms with Gasteiger partial charge in [-0.25, -0.2) is 0 Å². The Bertz CT molecular complexity index is 240. The molecule has 3 heteroatoms. The van der Waals surface area contributed by atoms with Crippen molar-refractivity contribution in [1.82, 2.24) is 5.32 Å². The number of rotatable bonds is 3. The van der Waals surface area contributed by atoms with E-state index in [-0.39, 0.29) is 11.4 Å². The van der Waals surface area contributed by atoms with Gasteiger partial charge in [0.05, 0.1) is 5.54 Å². The molecule has 2 rings (SSSR count). The summed E-state index contributed by atoms with van der Waals surface area (Å²) in [7, 11) is 0. The average molecular weight is 224 g/mol. The summed E-state index contributed by atoms with van der Waals surface area (Å²) in [4.78, 5) is 11.7. The second-order valence-electron chi connectivity index (χ2n) is 5.54. The Morgan fingerprint density at radius 2 is 1.94 bits per heavy atom. The molecule has 0 aromatic heterocycles. The maximum absolute atomic E-state index is 11.7. The van der Waals surface area contributed by atoms with E-state index in [1.807, 2.05) is 0 Å². The third-order valence-corrected chi connectivity index (χ3v) is 4.33. The summed E-state index contributed by atoms with van der Waals surface area (Å²) in [6, 6.07) is 0. The van der Waals surface area contributed by atoms with Crippen LogP contribution in [0, 0.1) is 5.92 Å². The van der Waals surface area contributed by atoms with Gasteiger partial charge in [-0.15, -0.1) is 0 Å². The summed E-state index contributed by atoms with van der Waals surface area (Å²) in [5.74, 6) is 0.588. The highest BCUT2D eigenvalue weighted by Gasteiger charge is 2.39. The Labute approximate surface area is 98.2 Å². The predicted molar refractivity (Wildman–Crippen MR) is 65.0 cm³/mol. The number of hydrogen-bond acceptors (Lipinski definition) is 2. The lowest BCUT2D eigenvalue weighted by Gasteiger charge is -2.39. The van der Waals surface area contributed by atoms with Gasteiger partial charge in [-0.3, -0.25) is 4.79 Å². The quantitative estimate of drug-likeness (QED) is 0.770. The number of nitrogens with two attached hydrogens (primary N) is 1. The van der Waals surface area contributed by atoms with Gasteiger partial charge < -0.3 is 11.1 Å². The Morgan fingerprint density at radius 3 is 2.50 bits per heavy atom. The number of carbonyl (C=O) groups excluding carboxylic acids is 1. The molecule has 0 bridgehead atoms. The van der Waals surface area contributed by atoms with Crippen LogP contribution in [0.2, 0.25) is 0 Å². The molecule has 92 valence electrons. The van der Waals surface area contributed by atoms with Crippen LogP contribution in [0.3, 0.4) is 0 Å². The van der Waals surface area contributed by atoms with Gasteiger partial charge in [0.1, 0.15) is 0 Å². The van der Waals surface area contributed by atoms with E-state index in [2.05, 4.69) is 5.32 Å². The molecule has 2 fully saturated rings. The van der Waals surface area contributed by atoms with Gasteiger partial charge in [0, 0.05) is 0 Å². The average Bonchev–Trinajstić information content (AvgIpc) is 2.31. The lowest BCUT2D eigenvalue weighted by Crippen LogP contribution is -2.58. The second kappa shape index (κ2) is 5.17. The number of piperidine rings is 1. The Balaban J connectivity index is 1.98. The van der Waals surface area contributed by atoms with Crippen LogP contribution >= 0.6 is 0 Å². The van der Waals surface area contributed by atoms with Crippen molar-refractivity contribution < 1.29 is 4.79 Å². The summed E-state index contributed by atoms with van der Waals surface area (Å²) < 4.78 is 0. The number of carbonyl (C=O) groups is 1. The molecule has 1 aliphatic heterocycles. The molecule has 0 aromatic carbocycles. The van der Waals surface area contributed by atoms with E-state index in [1.165, 1.54) is 38.5 Å². The summed E-state index contributed by atoms with van der Waals surface area (Å²) in [5, 5.41) is 3.40. The van der Waals surface area contributed by atoms with Crippen molar-refractivity contribution in [1.29, 1.82) is 0 Å². The fourth-order valence-corrected chi connectivity index (χ4v) is 3.34. The van der Waals surface area contributed by atoms with E-state index in [1.54, 1.807) is 0 Å². The minimum absolute atomic E-state index is 0.127. The molecule has 1 unspecified atom stereocenters. The highest BCUT2D eigenvalue weighted by atomic mass is 16.1. The van der Waals surface area contributed by atoms with Gasteiger partial charge in [-0.2, -0.15) is 0 Å². The Morgan fingerprint density at radius 1 is 1.19 bits per heavy atom. The second-order valence-corrected chi connectivity index (χ2v) is 5.54. The minimum atomic E-state index is -0.375. The third kappa shape index (κ3) is 2.57. The Hall–Kier alpha value is -0.570. The van der Waals surface area contributed by atoms with E-state index >= 15 is 0 Å². The fourth-order valence-electron chi connectivity index (χ4n) is 3.34. The molecule has 1 amide bonds. The minimum Gasteiger partial charge on any atom is -0.368 e. The monoisotopic (exact) mass is 224 g/mol. The maximum Gasteiger partial charge on any atom is 0.237 e. The van der Waals surface area contributed by atoms with Crippen molar-refractivity contribution in [3.05, 3.63) is 0 Å². The first-order chi connectivity index (χ1) is 7.73. The van der Waals surface area contributed by atoms with Crippen molar-refractivity contribution in [2.45, 2.75) is 63.3 Å². The highest BCUT2D eigenvalue weighted by Crippen LogP contribution is 2.34. The molecule has 0 radical (unpaired) electrons. The van der Waals surface area contributed by atoms with Crippen molar-refractivity contribution in [2.24, 2.45) is 11.7 Å². The zero-order valence-electron chi connectivity index (χ0n) is 10.1. The highest BCUT2D eigenvalue weighted by molar-refractivity contribution is 5.84. The van der Waals surface area contributed by atoms with Gasteiger partial charge in [-0.05, 0) is 38.1 Å². The normalized spacial score (nSPS) is 32.5. The molecule has 16 heavy (non-hydrogen) atoms. The smallest absolute Gasteiger partial charge is 0.237 e. The van der Waals surface area contributed by atoms with E-state index in [9.17, 15) is 4.79 Å². The SMILES string of the molecule is NC(=O)C1(CC2CCCCC2)CCCCN1. The molecular weight excluding hydrogens is 200 g/mol. The van der Waals surface area contributed by atoms with Crippen molar-refractivity contribution in [3.8, 4) is 0 Å². The van der Waals surface area contributed by atoms with E-state index in [4.69, 9.17) is 5.73 Å². The molecule has 0 aromatic rings. The molecule has 3 nitrogen and oxygen atoms in total. The summed E-state index contributed by atoms with van der Waals surface area (Å²) in [5.41, 5.74) is 5.24. The van der Waals surface area contributed by atoms with Gasteiger partial charge >= 0.3 is 0 Å². The van der Waals surface area contributed by atoms with Gasteiger partial charge in [0.2, 0.25) is 5.91 Å². The summed E-state index contributed by atoms with van der Waals surface area (Å²) in [6.07, 6.45) is 10.9. The van der Waals surface area contributed by atoms with Gasteiger partial charge in [-0.1, -0.05) is 32.1 Å². The number of primary amides is 1. The molecule has 1 aliphatic carbocycles. The van der Waals surface area contributed by atoms with Gasteiger partial charge in [0.15, 0.2) is 0 Å². The predicted octanol–water partition coefficient (Wildman–Crippen LogP) is 1.95. The van der Waals surface area contributed by atoms with Crippen LogP contribution in [-0.2, 0) is 4.79 Å². The molecule has 1 atom stereocenters. The van der Waals surface area contributed by atoms with Crippen LogP contribution < -0.4 is 11.1 Å². The Kier molecular flexibility index (Phi) is 3.85. The van der Waals surface area contributed by atoms with Gasteiger partial charge in [0.25, 0.3) is 0 Å². The number of hydrogen-bond donors (Lipinski definition) is 2. The molecule has 1 saturated carbocycles. The summed E-state index contributed by atoms with van der Waals surface area (Å²) >= 11 is 0. The van der Waals surface area contributed by atoms with Crippen LogP contribution in [0.25, 0.3) is 0 Å². The van der Waals surface area contributed by atoms with E-state index in [0.717, 1.165) is 25.8 Å². The van der Waals surface area contributed by atoms with Crippen LogP contribution in [0.1, 0.15) is 57.8 Å². The van der Waals surface area contributed by atoms with E-state index in [0.29, 0.717) is 5.92 Å². The van der Waals surface area contributed by atoms with Crippen molar-refractivity contribution in [2.75, 3.05) is 6.54 Å². The first-order valence-electron chi connectivity index (χ1n) is 6.78. The molecular formula is C13H24N2O. The largest absolute Gasteiger partial charge is 0.368 e. The fraction of sp³-hybridized carbons (Fsp3) is 0.923. The van der Waals surface area contributed by atoms with Crippen LogP contribution in [0.4, 0.5) is 0 Å². The topological polar surface area (TPSA) is 55.1 Å². The van der Waals surface area contributed by atoms with Crippen molar-refractivity contribution in [3.63, 3.8) is 0 Å². The van der Waals surface area contributed by atoms with Crippen LogP contribution in [0.5, 0.6) is 0 Å². The first-order valence-corrected chi connectivity index (χ1v) is 6.78. The lowest BCUT2D eigenvalue weighted by atomic mass is 9.75. The number of amides is 1. The molecule has 0 spiro atoms. The zero-order valence-corrected chi connectivity index (χ0v) is 10.1. The third-order valence-electron chi connectivity index (χ3n) is 4.33.